The average Bonchev–Trinajstić information content (AvgIpc) is 2.87. The smallest absolute Gasteiger partial charge is 0.242 e. The lowest BCUT2D eigenvalue weighted by Crippen LogP contribution is -2.12. The van der Waals surface area contributed by atoms with Crippen LogP contribution in [0.4, 0.5) is 13.2 Å². The summed E-state index contributed by atoms with van der Waals surface area (Å²) in [6.45, 7) is 0. The minimum atomic E-state index is -4.66. The van der Waals surface area contributed by atoms with Crippen LogP contribution in [0.2, 0.25) is 0 Å². The van der Waals surface area contributed by atoms with E-state index in [9.17, 15) is 13.2 Å². The molecule has 0 fully saturated rings. The molecule has 5 aromatic rings. The molecule has 0 radical (unpaired) electrons. The fraction of sp³-hybridized carbons (Fsp3) is 0.0333. The van der Waals surface area contributed by atoms with E-state index in [1.165, 1.54) is 0 Å². The van der Waals surface area contributed by atoms with Gasteiger partial charge in [0, 0.05) is 16.5 Å². The summed E-state index contributed by atoms with van der Waals surface area (Å²) in [5, 5.41) is 0.623. The van der Waals surface area contributed by atoms with Gasteiger partial charge in [0.05, 0.1) is 11.1 Å². The third-order valence-electron chi connectivity index (χ3n) is 5.53. The van der Waals surface area contributed by atoms with Gasteiger partial charge in [0.15, 0.2) is 5.69 Å². The van der Waals surface area contributed by atoms with Crippen molar-refractivity contribution in [3.05, 3.63) is 126 Å². The summed E-state index contributed by atoms with van der Waals surface area (Å²) in [7, 11) is 0. The molecule has 4 aromatic carbocycles. The fourth-order valence-corrected chi connectivity index (χ4v) is 3.96. The largest absolute Gasteiger partial charge is 0.434 e. The van der Waals surface area contributed by atoms with Crippen molar-refractivity contribution in [2.75, 3.05) is 0 Å². The molecule has 0 N–H and O–H groups in total. The first-order valence-corrected chi connectivity index (χ1v) is 10.7. The van der Waals surface area contributed by atoms with Crippen LogP contribution >= 0.6 is 0 Å². The molecule has 0 amide bonds. The van der Waals surface area contributed by atoms with Crippen LogP contribution in [0.25, 0.3) is 33.2 Å². The van der Waals surface area contributed by atoms with Crippen LogP contribution in [-0.2, 0) is 6.18 Å². The Balaban J connectivity index is 1.87. The van der Waals surface area contributed by atoms with Crippen LogP contribution in [0.15, 0.2) is 109 Å². The minimum Gasteiger partial charge on any atom is -0.242 e. The zero-order valence-electron chi connectivity index (χ0n) is 18.0. The van der Waals surface area contributed by atoms with E-state index in [1.807, 2.05) is 60.7 Å². The Hall–Kier alpha value is -4.36. The van der Waals surface area contributed by atoms with Gasteiger partial charge in [-0.1, -0.05) is 96.8 Å². The maximum atomic E-state index is 14.2. The van der Waals surface area contributed by atoms with E-state index >= 15 is 0 Å². The third-order valence-corrected chi connectivity index (χ3v) is 5.53. The van der Waals surface area contributed by atoms with Crippen molar-refractivity contribution in [3.63, 3.8) is 0 Å². The first kappa shape index (κ1) is 21.5. The number of benzene rings is 4. The van der Waals surface area contributed by atoms with Gasteiger partial charge in [-0.3, -0.25) is 0 Å². The van der Waals surface area contributed by atoms with Crippen LogP contribution < -0.4 is 0 Å². The zero-order valence-corrected chi connectivity index (χ0v) is 18.0. The minimum absolute atomic E-state index is 0.125. The molecular formula is C30H18F3N. The van der Waals surface area contributed by atoms with Crippen LogP contribution in [0.5, 0.6) is 0 Å². The lowest BCUT2D eigenvalue weighted by molar-refractivity contribution is -0.141. The van der Waals surface area contributed by atoms with Crippen molar-refractivity contribution < 1.29 is 13.2 Å². The highest BCUT2D eigenvalue weighted by atomic mass is 19.4. The summed E-state index contributed by atoms with van der Waals surface area (Å²) >= 11 is 0. The number of hydrogen-bond donors (Lipinski definition) is 0. The molecule has 1 aromatic heterocycles. The predicted octanol–water partition coefficient (Wildman–Crippen LogP) is 7.99. The molecule has 4 heteroatoms. The maximum Gasteiger partial charge on any atom is 0.434 e. The van der Waals surface area contributed by atoms with Gasteiger partial charge in [-0.25, -0.2) is 4.98 Å². The quantitative estimate of drug-likeness (QED) is 0.249. The van der Waals surface area contributed by atoms with Crippen molar-refractivity contribution in [2.24, 2.45) is 0 Å². The molecule has 0 aliphatic carbocycles. The van der Waals surface area contributed by atoms with Gasteiger partial charge in [-0.2, -0.15) is 13.2 Å². The Morgan fingerprint density at radius 3 is 1.79 bits per heavy atom. The first-order valence-electron chi connectivity index (χ1n) is 10.7. The molecule has 0 unspecified atom stereocenters. The molecule has 164 valence electrons. The van der Waals surface area contributed by atoms with Crippen molar-refractivity contribution in [2.45, 2.75) is 6.18 Å². The predicted molar refractivity (Wildman–Crippen MR) is 130 cm³/mol. The highest BCUT2D eigenvalue weighted by Crippen LogP contribution is 2.40. The summed E-state index contributed by atoms with van der Waals surface area (Å²) in [6, 6.07) is 33.1. The lowest BCUT2D eigenvalue weighted by Gasteiger charge is -2.17. The van der Waals surface area contributed by atoms with E-state index in [4.69, 9.17) is 0 Å². The second kappa shape index (κ2) is 8.88. The van der Waals surface area contributed by atoms with E-state index in [0.717, 1.165) is 11.1 Å². The van der Waals surface area contributed by atoms with Gasteiger partial charge in [0.1, 0.15) is 0 Å². The van der Waals surface area contributed by atoms with Crippen LogP contribution in [-0.4, -0.2) is 4.98 Å². The van der Waals surface area contributed by atoms with E-state index in [2.05, 4.69) is 16.8 Å². The Bertz CT molecular complexity index is 1510. The second-order valence-corrected chi connectivity index (χ2v) is 7.79. The summed E-state index contributed by atoms with van der Waals surface area (Å²) < 4.78 is 42.6. The average molecular weight is 449 g/mol. The SMILES string of the molecule is FC(F)(F)c1nc2ccc(-c3ccccc3)cc2c(-c2ccccc2)c1C#Cc1ccccc1. The number of pyridine rings is 1. The van der Waals surface area contributed by atoms with Crippen LogP contribution in [0.3, 0.4) is 0 Å². The fourth-order valence-electron chi connectivity index (χ4n) is 3.96. The number of rotatable bonds is 2. The van der Waals surface area contributed by atoms with Crippen LogP contribution in [0, 0.1) is 11.8 Å². The van der Waals surface area contributed by atoms with Gasteiger partial charge < -0.3 is 0 Å². The molecule has 0 saturated carbocycles. The lowest BCUT2D eigenvalue weighted by atomic mass is 9.92. The molecule has 0 aliphatic rings. The van der Waals surface area contributed by atoms with Gasteiger partial charge >= 0.3 is 6.18 Å². The number of halogens is 3. The molecule has 1 heterocycles. The van der Waals surface area contributed by atoms with Gasteiger partial charge in [0.25, 0.3) is 0 Å². The maximum absolute atomic E-state index is 14.2. The topological polar surface area (TPSA) is 12.9 Å². The van der Waals surface area contributed by atoms with E-state index in [0.29, 0.717) is 22.1 Å². The van der Waals surface area contributed by atoms with Gasteiger partial charge in [0.2, 0.25) is 0 Å². The highest BCUT2D eigenvalue weighted by Gasteiger charge is 2.37. The molecule has 34 heavy (non-hydrogen) atoms. The van der Waals surface area contributed by atoms with Crippen molar-refractivity contribution in [1.82, 2.24) is 4.98 Å². The summed E-state index contributed by atoms with van der Waals surface area (Å²) in [5.41, 5.74) is 2.76. The normalized spacial score (nSPS) is 11.1. The summed E-state index contributed by atoms with van der Waals surface area (Å²) in [6.07, 6.45) is -4.66. The molecule has 0 spiro atoms. The number of hydrogen-bond acceptors (Lipinski definition) is 1. The van der Waals surface area contributed by atoms with Crippen molar-refractivity contribution in [3.8, 4) is 34.1 Å². The van der Waals surface area contributed by atoms with Crippen molar-refractivity contribution >= 4 is 10.9 Å². The summed E-state index contributed by atoms with van der Waals surface area (Å²) in [4.78, 5) is 4.05. The number of fused-ring (bicyclic) bond motifs is 1. The standard InChI is InChI=1S/C30H18F3N/c31-30(32,33)29-25(18-16-21-10-4-1-5-11-21)28(23-14-8-3-9-15-23)26-20-24(17-19-27(26)34-29)22-12-6-2-7-13-22/h1-15,17,19-20H. The molecule has 0 aliphatic heterocycles. The first-order chi connectivity index (χ1) is 16.5. The van der Waals surface area contributed by atoms with Gasteiger partial charge in [-0.05, 0) is 41.0 Å². The zero-order chi connectivity index (χ0) is 23.5. The number of alkyl halides is 3. The van der Waals surface area contributed by atoms with Crippen LogP contribution in [0.1, 0.15) is 16.8 Å². The monoisotopic (exact) mass is 449 g/mol. The van der Waals surface area contributed by atoms with Crippen molar-refractivity contribution in [1.29, 1.82) is 0 Å². The molecule has 1 nitrogen and oxygen atoms in total. The Kier molecular flexibility index (Phi) is 5.61. The Morgan fingerprint density at radius 1 is 0.588 bits per heavy atom. The van der Waals surface area contributed by atoms with E-state index in [-0.39, 0.29) is 11.1 Å². The molecule has 0 bridgehead atoms. The molecule has 0 saturated heterocycles. The summed E-state index contributed by atoms with van der Waals surface area (Å²) in [5.74, 6) is 5.73. The third kappa shape index (κ3) is 4.29. The molecule has 0 atom stereocenters. The Labute approximate surface area is 195 Å². The van der Waals surface area contributed by atoms with E-state index < -0.39 is 11.9 Å². The number of nitrogens with zero attached hydrogens (tertiary/aromatic N) is 1. The van der Waals surface area contributed by atoms with Gasteiger partial charge in [-0.15, -0.1) is 0 Å². The molecular weight excluding hydrogens is 431 g/mol. The second-order valence-electron chi connectivity index (χ2n) is 7.79. The van der Waals surface area contributed by atoms with E-state index in [1.54, 1.807) is 48.5 Å². The highest BCUT2D eigenvalue weighted by molar-refractivity contribution is 6.00. The molecule has 5 rings (SSSR count). The number of aromatic nitrogens is 1. The Morgan fingerprint density at radius 2 is 1.18 bits per heavy atom.